The molecular formula is C9H12N2S. The first-order chi connectivity index (χ1) is 5.83. The maximum Gasteiger partial charge on any atom is 0.100 e. The predicted octanol–water partition coefficient (Wildman–Crippen LogP) is 2.69. The Hall–Kier alpha value is -0.700. The van der Waals surface area contributed by atoms with Crippen LogP contribution in [0.4, 0.5) is 0 Å². The molecule has 0 saturated carbocycles. The molecule has 3 heteroatoms. The van der Waals surface area contributed by atoms with Crippen molar-refractivity contribution >= 4 is 17.8 Å². The lowest BCUT2D eigenvalue weighted by Crippen LogP contribution is -2.11. The van der Waals surface area contributed by atoms with E-state index in [2.05, 4.69) is 34.7 Å². The van der Waals surface area contributed by atoms with E-state index in [0.29, 0.717) is 11.8 Å². The second-order valence-electron chi connectivity index (χ2n) is 3.25. The lowest BCUT2D eigenvalue weighted by atomic mass is 9.84. The van der Waals surface area contributed by atoms with Gasteiger partial charge in [0.25, 0.3) is 0 Å². The van der Waals surface area contributed by atoms with Crippen molar-refractivity contribution in [1.29, 1.82) is 0 Å². The lowest BCUT2D eigenvalue weighted by Gasteiger charge is -2.20. The summed E-state index contributed by atoms with van der Waals surface area (Å²) in [6, 6.07) is 0. The van der Waals surface area contributed by atoms with E-state index < -0.39 is 0 Å². The van der Waals surface area contributed by atoms with E-state index in [1.807, 2.05) is 0 Å². The zero-order chi connectivity index (χ0) is 8.55. The summed E-state index contributed by atoms with van der Waals surface area (Å²) in [5.41, 5.74) is 2.27. The fraction of sp³-hybridized carbons (Fsp3) is 0.556. The van der Waals surface area contributed by atoms with Crippen LogP contribution in [-0.4, -0.2) is 8.75 Å². The summed E-state index contributed by atoms with van der Waals surface area (Å²) in [4.78, 5) is 0. The van der Waals surface area contributed by atoms with Crippen molar-refractivity contribution in [3.63, 3.8) is 0 Å². The SMILES string of the molecule is CCC1C=Cc2nsnc2C1C. The van der Waals surface area contributed by atoms with Crippen molar-refractivity contribution in [3.05, 3.63) is 17.5 Å². The highest BCUT2D eigenvalue weighted by molar-refractivity contribution is 6.99. The predicted molar refractivity (Wildman–Crippen MR) is 51.1 cm³/mol. The van der Waals surface area contributed by atoms with Crippen molar-refractivity contribution in [3.8, 4) is 0 Å². The van der Waals surface area contributed by atoms with E-state index in [1.165, 1.54) is 23.8 Å². The van der Waals surface area contributed by atoms with Gasteiger partial charge in [0.2, 0.25) is 0 Å². The van der Waals surface area contributed by atoms with Crippen molar-refractivity contribution in [2.45, 2.75) is 26.2 Å². The van der Waals surface area contributed by atoms with Gasteiger partial charge < -0.3 is 0 Å². The maximum atomic E-state index is 4.32. The molecule has 0 bridgehead atoms. The van der Waals surface area contributed by atoms with E-state index in [4.69, 9.17) is 0 Å². The Labute approximate surface area is 76.7 Å². The van der Waals surface area contributed by atoms with Gasteiger partial charge >= 0.3 is 0 Å². The van der Waals surface area contributed by atoms with Crippen molar-refractivity contribution in [2.24, 2.45) is 5.92 Å². The second kappa shape index (κ2) is 2.98. The van der Waals surface area contributed by atoms with Gasteiger partial charge in [-0.05, 0) is 18.4 Å². The molecule has 0 N–H and O–H groups in total. The van der Waals surface area contributed by atoms with Crippen molar-refractivity contribution in [1.82, 2.24) is 8.75 Å². The largest absolute Gasteiger partial charge is 0.177 e. The molecule has 2 unspecified atom stereocenters. The van der Waals surface area contributed by atoms with Gasteiger partial charge in [-0.2, -0.15) is 8.75 Å². The highest BCUT2D eigenvalue weighted by atomic mass is 32.1. The fourth-order valence-electron chi connectivity index (χ4n) is 1.71. The van der Waals surface area contributed by atoms with Crippen molar-refractivity contribution in [2.75, 3.05) is 0 Å². The number of hydrogen-bond donors (Lipinski definition) is 0. The van der Waals surface area contributed by atoms with Crippen molar-refractivity contribution < 1.29 is 0 Å². The molecular weight excluding hydrogens is 168 g/mol. The number of allylic oxidation sites excluding steroid dienone is 1. The maximum absolute atomic E-state index is 4.32. The molecule has 0 aromatic carbocycles. The molecule has 1 aliphatic rings. The minimum Gasteiger partial charge on any atom is -0.177 e. The molecule has 0 amide bonds. The van der Waals surface area contributed by atoms with Crippen LogP contribution in [-0.2, 0) is 0 Å². The monoisotopic (exact) mass is 180 g/mol. The number of aromatic nitrogens is 2. The summed E-state index contributed by atoms with van der Waals surface area (Å²) >= 11 is 1.32. The normalized spacial score (nSPS) is 27.2. The van der Waals surface area contributed by atoms with Crippen LogP contribution >= 0.6 is 11.7 Å². The Morgan fingerprint density at radius 3 is 3.08 bits per heavy atom. The topological polar surface area (TPSA) is 25.8 Å². The molecule has 2 nitrogen and oxygen atoms in total. The van der Waals surface area contributed by atoms with Crippen LogP contribution in [0.5, 0.6) is 0 Å². The molecule has 0 aliphatic heterocycles. The molecule has 1 heterocycles. The van der Waals surface area contributed by atoms with Gasteiger partial charge in [-0.25, -0.2) is 0 Å². The summed E-state index contributed by atoms with van der Waals surface area (Å²) < 4.78 is 8.53. The average molecular weight is 180 g/mol. The molecule has 1 aliphatic carbocycles. The Bertz CT molecular complexity index is 303. The molecule has 1 aromatic rings. The molecule has 2 rings (SSSR count). The average Bonchev–Trinajstić information content (AvgIpc) is 2.53. The molecule has 2 atom stereocenters. The lowest BCUT2D eigenvalue weighted by molar-refractivity contribution is 0.513. The van der Waals surface area contributed by atoms with Crippen LogP contribution in [0, 0.1) is 5.92 Å². The smallest absolute Gasteiger partial charge is 0.100 e. The van der Waals surface area contributed by atoms with Crippen LogP contribution in [0.2, 0.25) is 0 Å². The summed E-state index contributed by atoms with van der Waals surface area (Å²) in [5.74, 6) is 1.20. The zero-order valence-electron chi connectivity index (χ0n) is 7.32. The van der Waals surface area contributed by atoms with Crippen LogP contribution in [0.25, 0.3) is 6.08 Å². The van der Waals surface area contributed by atoms with Gasteiger partial charge in [-0.15, -0.1) is 0 Å². The molecule has 0 spiro atoms. The van der Waals surface area contributed by atoms with Gasteiger partial charge in [0.1, 0.15) is 5.69 Å². The summed E-state index contributed by atoms with van der Waals surface area (Å²) in [6.45, 7) is 4.45. The van der Waals surface area contributed by atoms with E-state index in [1.54, 1.807) is 0 Å². The minimum absolute atomic E-state index is 0.550. The number of fused-ring (bicyclic) bond motifs is 1. The summed E-state index contributed by atoms with van der Waals surface area (Å²) in [5, 5.41) is 0. The molecule has 0 saturated heterocycles. The fourth-order valence-corrected chi connectivity index (χ4v) is 2.34. The summed E-state index contributed by atoms with van der Waals surface area (Å²) in [7, 11) is 0. The summed E-state index contributed by atoms with van der Waals surface area (Å²) in [6.07, 6.45) is 5.55. The van der Waals surface area contributed by atoms with Crippen LogP contribution in [0.1, 0.15) is 37.6 Å². The third-order valence-corrected chi connectivity index (χ3v) is 3.14. The third kappa shape index (κ3) is 1.08. The standard InChI is InChI=1S/C9H12N2S/c1-3-7-4-5-8-9(6(7)2)11-12-10-8/h4-7H,3H2,1-2H3. The highest BCUT2D eigenvalue weighted by Gasteiger charge is 2.23. The number of nitrogens with zero attached hydrogens (tertiary/aromatic N) is 2. The number of hydrogen-bond acceptors (Lipinski definition) is 3. The molecule has 0 fully saturated rings. The van der Waals surface area contributed by atoms with E-state index in [0.717, 1.165) is 5.69 Å². The Morgan fingerprint density at radius 1 is 1.50 bits per heavy atom. The molecule has 0 radical (unpaired) electrons. The quantitative estimate of drug-likeness (QED) is 0.664. The highest BCUT2D eigenvalue weighted by Crippen LogP contribution is 2.33. The Kier molecular flexibility index (Phi) is 1.97. The molecule has 12 heavy (non-hydrogen) atoms. The molecule has 1 aromatic heterocycles. The Morgan fingerprint density at radius 2 is 2.33 bits per heavy atom. The van der Waals surface area contributed by atoms with E-state index in [9.17, 15) is 0 Å². The van der Waals surface area contributed by atoms with Crippen LogP contribution in [0.15, 0.2) is 6.08 Å². The number of rotatable bonds is 1. The van der Waals surface area contributed by atoms with Gasteiger partial charge in [0.15, 0.2) is 0 Å². The van der Waals surface area contributed by atoms with Gasteiger partial charge in [-0.1, -0.05) is 19.9 Å². The van der Waals surface area contributed by atoms with Gasteiger partial charge in [0, 0.05) is 5.92 Å². The van der Waals surface area contributed by atoms with E-state index in [-0.39, 0.29) is 0 Å². The Balaban J connectivity index is 2.38. The third-order valence-electron chi connectivity index (χ3n) is 2.59. The van der Waals surface area contributed by atoms with Crippen LogP contribution in [0.3, 0.4) is 0 Å². The van der Waals surface area contributed by atoms with E-state index >= 15 is 0 Å². The first kappa shape index (κ1) is 7.92. The first-order valence-electron chi connectivity index (χ1n) is 4.33. The zero-order valence-corrected chi connectivity index (χ0v) is 8.14. The van der Waals surface area contributed by atoms with Gasteiger partial charge in [-0.3, -0.25) is 0 Å². The minimum atomic E-state index is 0.550. The van der Waals surface area contributed by atoms with Gasteiger partial charge in [0.05, 0.1) is 17.4 Å². The second-order valence-corrected chi connectivity index (χ2v) is 3.78. The molecule has 64 valence electrons. The van der Waals surface area contributed by atoms with Crippen LogP contribution < -0.4 is 0 Å². The first-order valence-corrected chi connectivity index (χ1v) is 5.06.